The van der Waals surface area contributed by atoms with Crippen LogP contribution in [0.4, 0.5) is 4.79 Å². The van der Waals surface area contributed by atoms with Crippen LogP contribution in [0, 0.1) is 0 Å². The van der Waals surface area contributed by atoms with E-state index in [1.807, 2.05) is 6.92 Å². The number of carboxylic acid groups (broad SMARTS) is 1. The average molecular weight is 282 g/mol. The van der Waals surface area contributed by atoms with E-state index in [0.717, 1.165) is 5.56 Å². The van der Waals surface area contributed by atoms with Crippen molar-refractivity contribution in [2.24, 2.45) is 0 Å². The second-order valence-electron chi connectivity index (χ2n) is 4.80. The summed E-state index contributed by atoms with van der Waals surface area (Å²) in [6.45, 7) is 2.08. The Labute approximate surface area is 116 Å². The summed E-state index contributed by atoms with van der Waals surface area (Å²) in [7, 11) is 1.51. The summed E-state index contributed by atoms with van der Waals surface area (Å²) >= 11 is 0. The lowest BCUT2D eigenvalue weighted by Gasteiger charge is -2.23. The lowest BCUT2D eigenvalue weighted by atomic mass is 10.2. The Kier molecular flexibility index (Phi) is 4.23. The Bertz CT molecular complexity index is 476. The number of carboxylic acids is 1. The largest absolute Gasteiger partial charge is 0.480 e. The number of aliphatic carboxylic acids is 1. The van der Waals surface area contributed by atoms with Crippen LogP contribution in [0.25, 0.3) is 0 Å². The van der Waals surface area contributed by atoms with Crippen molar-refractivity contribution in [3.8, 4) is 0 Å². The SMILES string of the molecule is COC1CC(C(=O)O)N(C(=O)NC(C)c2cn[nH]c2)C1. The maximum Gasteiger partial charge on any atom is 0.326 e. The van der Waals surface area contributed by atoms with E-state index in [1.165, 1.54) is 12.0 Å². The number of H-pyrrole nitrogens is 1. The Morgan fingerprint density at radius 3 is 2.95 bits per heavy atom. The topological polar surface area (TPSA) is 108 Å². The molecular formula is C12H18N4O4. The highest BCUT2D eigenvalue weighted by molar-refractivity contribution is 5.83. The first-order valence-electron chi connectivity index (χ1n) is 6.34. The van der Waals surface area contributed by atoms with Crippen molar-refractivity contribution in [1.29, 1.82) is 0 Å². The molecule has 0 aliphatic carbocycles. The number of hydrogen-bond acceptors (Lipinski definition) is 4. The van der Waals surface area contributed by atoms with Gasteiger partial charge < -0.3 is 20.1 Å². The number of amides is 2. The summed E-state index contributed by atoms with van der Waals surface area (Å²) in [6.07, 6.45) is 3.36. The number of aromatic amines is 1. The smallest absolute Gasteiger partial charge is 0.326 e. The van der Waals surface area contributed by atoms with Gasteiger partial charge in [0.15, 0.2) is 0 Å². The Morgan fingerprint density at radius 2 is 2.40 bits per heavy atom. The molecule has 20 heavy (non-hydrogen) atoms. The number of hydrogen-bond donors (Lipinski definition) is 3. The second-order valence-corrected chi connectivity index (χ2v) is 4.80. The maximum absolute atomic E-state index is 12.2. The molecule has 3 N–H and O–H groups in total. The molecule has 0 saturated carbocycles. The minimum atomic E-state index is -1.02. The summed E-state index contributed by atoms with van der Waals surface area (Å²) in [5.74, 6) is -1.02. The van der Waals surface area contributed by atoms with Gasteiger partial charge in [-0.2, -0.15) is 5.10 Å². The minimum Gasteiger partial charge on any atom is -0.480 e. The van der Waals surface area contributed by atoms with Crippen LogP contribution in [0.3, 0.4) is 0 Å². The molecule has 3 atom stereocenters. The van der Waals surface area contributed by atoms with Crippen molar-refractivity contribution in [2.75, 3.05) is 13.7 Å². The van der Waals surface area contributed by atoms with Gasteiger partial charge in [-0.1, -0.05) is 0 Å². The maximum atomic E-state index is 12.2. The molecule has 1 aromatic heterocycles. The number of methoxy groups -OCH3 is 1. The highest BCUT2D eigenvalue weighted by Gasteiger charge is 2.40. The van der Waals surface area contributed by atoms with E-state index in [0.29, 0.717) is 6.42 Å². The third kappa shape index (κ3) is 2.90. The number of urea groups is 1. The van der Waals surface area contributed by atoms with E-state index in [2.05, 4.69) is 15.5 Å². The van der Waals surface area contributed by atoms with Crippen molar-refractivity contribution >= 4 is 12.0 Å². The van der Waals surface area contributed by atoms with Crippen molar-refractivity contribution in [3.63, 3.8) is 0 Å². The molecule has 110 valence electrons. The third-order valence-electron chi connectivity index (χ3n) is 3.50. The van der Waals surface area contributed by atoms with E-state index in [4.69, 9.17) is 4.74 Å². The van der Waals surface area contributed by atoms with Gasteiger partial charge in [-0.25, -0.2) is 9.59 Å². The molecule has 1 aliphatic heterocycles. The predicted octanol–water partition coefficient (Wildman–Crippen LogP) is 0.354. The number of likely N-dealkylation sites (tertiary alicyclic amines) is 1. The molecule has 0 radical (unpaired) electrons. The van der Waals surface area contributed by atoms with Crippen LogP contribution in [-0.4, -0.2) is 58.0 Å². The van der Waals surface area contributed by atoms with Gasteiger partial charge in [-0.05, 0) is 6.92 Å². The van der Waals surface area contributed by atoms with Gasteiger partial charge in [0.1, 0.15) is 6.04 Å². The molecule has 1 aromatic rings. The van der Waals surface area contributed by atoms with E-state index in [-0.39, 0.29) is 18.7 Å². The summed E-state index contributed by atoms with van der Waals surface area (Å²) in [4.78, 5) is 24.7. The van der Waals surface area contributed by atoms with E-state index in [1.54, 1.807) is 12.4 Å². The van der Waals surface area contributed by atoms with Gasteiger partial charge in [-0.3, -0.25) is 5.10 Å². The summed E-state index contributed by atoms with van der Waals surface area (Å²) in [5.41, 5.74) is 0.827. The highest BCUT2D eigenvalue weighted by Crippen LogP contribution is 2.21. The van der Waals surface area contributed by atoms with Gasteiger partial charge in [0.05, 0.1) is 18.3 Å². The second kappa shape index (κ2) is 5.91. The lowest BCUT2D eigenvalue weighted by Crippen LogP contribution is -2.46. The number of ether oxygens (including phenoxy) is 1. The number of nitrogens with zero attached hydrogens (tertiary/aromatic N) is 2. The number of carbonyl (C=O) groups excluding carboxylic acids is 1. The van der Waals surface area contributed by atoms with Gasteiger partial charge in [0.25, 0.3) is 0 Å². The quantitative estimate of drug-likeness (QED) is 0.738. The fourth-order valence-electron chi connectivity index (χ4n) is 2.28. The molecule has 2 rings (SSSR count). The van der Waals surface area contributed by atoms with Crippen molar-refractivity contribution < 1.29 is 19.4 Å². The zero-order chi connectivity index (χ0) is 14.7. The molecular weight excluding hydrogens is 264 g/mol. The Hall–Kier alpha value is -2.09. The summed E-state index contributed by atoms with van der Waals surface area (Å²) < 4.78 is 5.15. The van der Waals surface area contributed by atoms with Gasteiger partial charge in [0, 0.05) is 31.8 Å². The molecule has 0 bridgehead atoms. The van der Waals surface area contributed by atoms with Crippen LogP contribution < -0.4 is 5.32 Å². The monoisotopic (exact) mass is 282 g/mol. The zero-order valence-corrected chi connectivity index (χ0v) is 11.4. The van der Waals surface area contributed by atoms with Gasteiger partial charge in [0.2, 0.25) is 0 Å². The standard InChI is InChI=1S/C12H18N4O4/c1-7(8-4-13-14-5-8)15-12(19)16-6-9(20-2)3-10(16)11(17)18/h4-5,7,9-10H,3,6H2,1-2H3,(H,13,14)(H,15,19)(H,17,18). The van der Waals surface area contributed by atoms with Crippen LogP contribution in [0.1, 0.15) is 24.9 Å². The summed E-state index contributed by atoms with van der Waals surface area (Å²) in [5, 5.41) is 18.4. The first-order valence-corrected chi connectivity index (χ1v) is 6.34. The normalized spacial score (nSPS) is 23.6. The van der Waals surface area contributed by atoms with Crippen LogP contribution in [0.2, 0.25) is 0 Å². The van der Waals surface area contributed by atoms with Crippen LogP contribution in [0.15, 0.2) is 12.4 Å². The number of rotatable bonds is 4. The molecule has 2 amide bonds. The van der Waals surface area contributed by atoms with Crippen LogP contribution in [0.5, 0.6) is 0 Å². The Balaban J connectivity index is 2.02. The van der Waals surface area contributed by atoms with Crippen molar-refractivity contribution in [2.45, 2.75) is 31.5 Å². The highest BCUT2D eigenvalue weighted by atomic mass is 16.5. The molecule has 8 heteroatoms. The fourth-order valence-corrected chi connectivity index (χ4v) is 2.28. The molecule has 3 unspecified atom stereocenters. The molecule has 1 aliphatic rings. The summed E-state index contributed by atoms with van der Waals surface area (Å²) in [6, 6.07) is -1.51. The molecule has 1 fully saturated rings. The Morgan fingerprint density at radius 1 is 1.65 bits per heavy atom. The number of aromatic nitrogens is 2. The van der Waals surface area contributed by atoms with Crippen molar-refractivity contribution in [3.05, 3.63) is 18.0 Å². The first kappa shape index (κ1) is 14.3. The molecule has 2 heterocycles. The predicted molar refractivity (Wildman–Crippen MR) is 69.1 cm³/mol. The molecule has 0 aromatic carbocycles. The lowest BCUT2D eigenvalue weighted by molar-refractivity contribution is -0.141. The van der Waals surface area contributed by atoms with E-state index < -0.39 is 18.0 Å². The molecule has 1 saturated heterocycles. The van der Waals surface area contributed by atoms with E-state index >= 15 is 0 Å². The fraction of sp³-hybridized carbons (Fsp3) is 0.583. The van der Waals surface area contributed by atoms with Crippen molar-refractivity contribution in [1.82, 2.24) is 20.4 Å². The van der Waals surface area contributed by atoms with Gasteiger partial charge >= 0.3 is 12.0 Å². The van der Waals surface area contributed by atoms with Gasteiger partial charge in [-0.15, -0.1) is 0 Å². The van der Waals surface area contributed by atoms with Crippen LogP contribution in [-0.2, 0) is 9.53 Å². The number of carbonyl (C=O) groups is 2. The van der Waals surface area contributed by atoms with E-state index in [9.17, 15) is 14.7 Å². The molecule has 8 nitrogen and oxygen atoms in total. The third-order valence-corrected chi connectivity index (χ3v) is 3.50. The molecule has 0 spiro atoms. The number of nitrogens with one attached hydrogen (secondary N) is 2. The van der Waals surface area contributed by atoms with Crippen LogP contribution >= 0.6 is 0 Å². The zero-order valence-electron chi connectivity index (χ0n) is 11.4. The average Bonchev–Trinajstić information content (AvgIpc) is 3.07. The minimum absolute atomic E-state index is 0.244. The first-order chi connectivity index (χ1) is 9.52.